The quantitative estimate of drug-likeness (QED) is 0.875. The van der Waals surface area contributed by atoms with E-state index in [4.69, 9.17) is 0 Å². The number of carbonyl (C=O) groups excluding carboxylic acids is 1. The summed E-state index contributed by atoms with van der Waals surface area (Å²) in [5, 5.41) is 6.99. The van der Waals surface area contributed by atoms with Gasteiger partial charge in [0.05, 0.1) is 11.3 Å². The molecule has 1 aliphatic carbocycles. The monoisotopic (exact) mass is 295 g/mol. The summed E-state index contributed by atoms with van der Waals surface area (Å²) in [7, 11) is 1.83. The summed E-state index contributed by atoms with van der Waals surface area (Å²) in [5.74, 6) is 1.56. The number of hydrogen-bond donors (Lipinski definition) is 2. The van der Waals surface area contributed by atoms with Crippen LogP contribution in [0.3, 0.4) is 0 Å². The van der Waals surface area contributed by atoms with Crippen LogP contribution < -0.4 is 10.6 Å². The van der Waals surface area contributed by atoms with Gasteiger partial charge in [0, 0.05) is 13.6 Å². The highest BCUT2D eigenvalue weighted by atomic mass is 32.1. The van der Waals surface area contributed by atoms with Crippen molar-refractivity contribution >= 4 is 22.4 Å². The Morgan fingerprint density at radius 2 is 1.95 bits per heavy atom. The lowest BCUT2D eigenvalue weighted by atomic mass is 9.81. The number of anilines is 1. The van der Waals surface area contributed by atoms with E-state index in [0.29, 0.717) is 11.5 Å². The summed E-state index contributed by atoms with van der Waals surface area (Å²) < 4.78 is 4.24. The maximum Gasteiger partial charge on any atom is 0.256 e. The molecule has 0 aliphatic heterocycles. The zero-order valence-electron chi connectivity index (χ0n) is 12.7. The van der Waals surface area contributed by atoms with E-state index < -0.39 is 0 Å². The number of nitrogens with one attached hydrogen (secondary N) is 2. The van der Waals surface area contributed by atoms with E-state index in [1.165, 1.54) is 43.6 Å². The van der Waals surface area contributed by atoms with Gasteiger partial charge in [-0.05, 0) is 43.1 Å². The lowest BCUT2D eigenvalue weighted by Crippen LogP contribution is -2.31. The summed E-state index contributed by atoms with van der Waals surface area (Å²) in [6.07, 6.45) is 6.43. The van der Waals surface area contributed by atoms with E-state index in [9.17, 15) is 4.79 Å². The third kappa shape index (κ3) is 3.51. The predicted octanol–water partition coefficient (Wildman–Crippen LogP) is 3.44. The van der Waals surface area contributed by atoms with Crippen LogP contribution in [0, 0.1) is 18.8 Å². The average Bonchev–Trinajstić information content (AvgIpc) is 2.86. The second kappa shape index (κ2) is 7.07. The van der Waals surface area contributed by atoms with Crippen molar-refractivity contribution in [2.75, 3.05) is 18.9 Å². The molecule has 4 nitrogen and oxygen atoms in total. The molecular formula is C15H25N3OS. The smallest absolute Gasteiger partial charge is 0.256 e. The van der Waals surface area contributed by atoms with Crippen molar-refractivity contribution in [1.29, 1.82) is 0 Å². The van der Waals surface area contributed by atoms with E-state index in [1.807, 2.05) is 14.0 Å². The molecule has 1 aliphatic rings. The Bertz CT molecular complexity index is 450. The van der Waals surface area contributed by atoms with E-state index >= 15 is 0 Å². The second-order valence-corrected chi connectivity index (χ2v) is 6.50. The number of aryl methyl sites for hydroxylation is 1. The van der Waals surface area contributed by atoms with Crippen LogP contribution in [0.25, 0.3) is 0 Å². The molecule has 112 valence electrons. The predicted molar refractivity (Wildman–Crippen MR) is 84.5 cm³/mol. The van der Waals surface area contributed by atoms with E-state index in [0.717, 1.165) is 23.2 Å². The number of nitrogens with zero attached hydrogens (tertiary/aromatic N) is 1. The zero-order valence-corrected chi connectivity index (χ0v) is 13.5. The first-order chi connectivity index (χ1) is 9.65. The minimum absolute atomic E-state index is 0.0122. The first kappa shape index (κ1) is 15.3. The molecule has 2 N–H and O–H groups in total. The Kier molecular flexibility index (Phi) is 5.40. The molecule has 0 radical (unpaired) electrons. The van der Waals surface area contributed by atoms with Crippen molar-refractivity contribution in [3.05, 3.63) is 11.3 Å². The Morgan fingerprint density at radius 3 is 2.55 bits per heavy atom. The number of rotatable bonds is 5. The SMILES string of the molecule is CCC1CCC(CNC(=O)c2c(C)nsc2NC)CC1. The second-order valence-electron chi connectivity index (χ2n) is 5.73. The van der Waals surface area contributed by atoms with Gasteiger partial charge in [-0.15, -0.1) is 0 Å². The fourth-order valence-corrected chi connectivity index (χ4v) is 3.72. The van der Waals surface area contributed by atoms with Gasteiger partial charge >= 0.3 is 0 Å². The Balaban J connectivity index is 1.85. The fourth-order valence-electron chi connectivity index (χ4n) is 2.98. The molecule has 0 bridgehead atoms. The maximum atomic E-state index is 12.3. The van der Waals surface area contributed by atoms with E-state index in [-0.39, 0.29) is 5.91 Å². The largest absolute Gasteiger partial charge is 0.378 e. The lowest BCUT2D eigenvalue weighted by Gasteiger charge is -2.27. The van der Waals surface area contributed by atoms with Gasteiger partial charge < -0.3 is 10.6 Å². The van der Waals surface area contributed by atoms with Crippen LogP contribution >= 0.6 is 11.5 Å². The van der Waals surface area contributed by atoms with E-state index in [1.54, 1.807) is 0 Å². The van der Waals surface area contributed by atoms with Crippen molar-refractivity contribution in [3.8, 4) is 0 Å². The molecule has 0 saturated heterocycles. The van der Waals surface area contributed by atoms with Gasteiger partial charge in [0.1, 0.15) is 5.00 Å². The molecule has 0 unspecified atom stereocenters. The molecule has 1 aromatic heterocycles. The van der Waals surface area contributed by atoms with Crippen molar-refractivity contribution in [1.82, 2.24) is 9.69 Å². The number of carbonyl (C=O) groups is 1. The van der Waals surface area contributed by atoms with Crippen LogP contribution in [0.4, 0.5) is 5.00 Å². The molecule has 2 rings (SSSR count). The van der Waals surface area contributed by atoms with Crippen molar-refractivity contribution in [2.45, 2.75) is 46.0 Å². The van der Waals surface area contributed by atoms with Gasteiger partial charge in [0.25, 0.3) is 5.91 Å². The van der Waals surface area contributed by atoms with Crippen molar-refractivity contribution < 1.29 is 4.79 Å². The first-order valence-electron chi connectivity index (χ1n) is 7.57. The van der Waals surface area contributed by atoms with Gasteiger partial charge in [0.2, 0.25) is 0 Å². The summed E-state index contributed by atoms with van der Waals surface area (Å²) >= 11 is 1.35. The zero-order chi connectivity index (χ0) is 14.5. The van der Waals surface area contributed by atoms with E-state index in [2.05, 4.69) is 21.9 Å². The normalized spacial score (nSPS) is 22.6. The molecule has 20 heavy (non-hydrogen) atoms. The summed E-state index contributed by atoms with van der Waals surface area (Å²) in [4.78, 5) is 12.3. The third-order valence-electron chi connectivity index (χ3n) is 4.41. The van der Waals surface area contributed by atoms with Crippen LogP contribution in [0.1, 0.15) is 55.1 Å². The fraction of sp³-hybridized carbons (Fsp3) is 0.733. The lowest BCUT2D eigenvalue weighted by molar-refractivity contribution is 0.0941. The van der Waals surface area contributed by atoms with Gasteiger partial charge in [-0.2, -0.15) is 4.37 Å². The minimum atomic E-state index is 0.0122. The van der Waals surface area contributed by atoms with Crippen LogP contribution in [0.2, 0.25) is 0 Å². The van der Waals surface area contributed by atoms with Crippen molar-refractivity contribution in [2.24, 2.45) is 11.8 Å². The Morgan fingerprint density at radius 1 is 1.30 bits per heavy atom. The summed E-state index contributed by atoms with van der Waals surface area (Å²) in [6.45, 7) is 4.96. The standard InChI is InChI=1S/C15H25N3OS/c1-4-11-5-7-12(8-6-11)9-17-14(19)13-10(2)18-20-15(13)16-3/h11-12,16H,4-9H2,1-3H3,(H,17,19). The Labute approximate surface area is 125 Å². The van der Waals surface area contributed by atoms with Gasteiger partial charge in [-0.1, -0.05) is 26.2 Å². The number of aromatic nitrogens is 1. The average molecular weight is 295 g/mol. The topological polar surface area (TPSA) is 54.0 Å². The summed E-state index contributed by atoms with van der Waals surface area (Å²) in [6, 6.07) is 0. The maximum absolute atomic E-state index is 12.3. The highest BCUT2D eigenvalue weighted by Gasteiger charge is 2.22. The number of amides is 1. The van der Waals surface area contributed by atoms with Crippen molar-refractivity contribution in [3.63, 3.8) is 0 Å². The van der Waals surface area contributed by atoms with Crippen LogP contribution in [0.5, 0.6) is 0 Å². The molecule has 0 spiro atoms. The van der Waals surface area contributed by atoms with Crippen LogP contribution in [-0.4, -0.2) is 23.9 Å². The van der Waals surface area contributed by atoms with Gasteiger partial charge in [-0.25, -0.2) is 0 Å². The highest BCUT2D eigenvalue weighted by molar-refractivity contribution is 7.10. The Hall–Kier alpha value is -1.10. The molecule has 1 amide bonds. The van der Waals surface area contributed by atoms with Gasteiger partial charge in [0.15, 0.2) is 0 Å². The molecule has 1 aromatic rings. The van der Waals surface area contributed by atoms with Crippen LogP contribution in [-0.2, 0) is 0 Å². The molecular weight excluding hydrogens is 270 g/mol. The molecule has 1 fully saturated rings. The number of hydrogen-bond acceptors (Lipinski definition) is 4. The molecule has 0 atom stereocenters. The highest BCUT2D eigenvalue weighted by Crippen LogP contribution is 2.30. The van der Waals surface area contributed by atoms with Gasteiger partial charge in [-0.3, -0.25) is 4.79 Å². The first-order valence-corrected chi connectivity index (χ1v) is 8.35. The molecule has 1 saturated carbocycles. The summed E-state index contributed by atoms with van der Waals surface area (Å²) in [5.41, 5.74) is 1.52. The molecule has 1 heterocycles. The molecule has 0 aromatic carbocycles. The van der Waals surface area contributed by atoms with Crippen LogP contribution in [0.15, 0.2) is 0 Å². The molecule has 5 heteroatoms. The third-order valence-corrected chi connectivity index (χ3v) is 5.37. The minimum Gasteiger partial charge on any atom is -0.378 e.